The lowest BCUT2D eigenvalue weighted by atomic mass is 10.0. The lowest BCUT2D eigenvalue weighted by molar-refractivity contribution is -0.730. The lowest BCUT2D eigenvalue weighted by Crippen LogP contribution is -2.29. The van der Waals surface area contributed by atoms with Gasteiger partial charge in [-0.1, -0.05) is 11.6 Å². The van der Waals surface area contributed by atoms with Crippen LogP contribution in [-0.4, -0.2) is 16.0 Å². The van der Waals surface area contributed by atoms with Crippen molar-refractivity contribution in [2.75, 3.05) is 0 Å². The molecule has 0 aliphatic rings. The highest BCUT2D eigenvalue weighted by Crippen LogP contribution is 2.24. The molecule has 0 spiro atoms. The Kier molecular flexibility index (Phi) is 3.01. The van der Waals surface area contributed by atoms with Crippen LogP contribution in [0.1, 0.15) is 17.2 Å². The zero-order chi connectivity index (χ0) is 11.6. The van der Waals surface area contributed by atoms with E-state index >= 15 is 0 Å². The van der Waals surface area contributed by atoms with Crippen LogP contribution in [-0.2, 0) is 4.79 Å². The number of primary amides is 1. The van der Waals surface area contributed by atoms with Gasteiger partial charge in [-0.2, -0.15) is 0 Å². The molecule has 1 aromatic rings. The fourth-order valence-corrected chi connectivity index (χ4v) is 1.25. The summed E-state index contributed by atoms with van der Waals surface area (Å²) in [6.45, 7) is 1.77. The van der Waals surface area contributed by atoms with E-state index in [1.54, 1.807) is 13.0 Å². The van der Waals surface area contributed by atoms with E-state index in [2.05, 4.69) is 0 Å². The van der Waals surface area contributed by atoms with Crippen molar-refractivity contribution in [2.45, 2.75) is 13.0 Å². The normalized spacial score (nSPS) is 12.1. The van der Waals surface area contributed by atoms with Gasteiger partial charge in [-0.25, -0.2) is 5.21 Å². The van der Waals surface area contributed by atoms with E-state index in [4.69, 9.17) is 16.7 Å². The molecule has 1 unspecified atom stereocenters. The Balaban J connectivity index is 3.30. The molecule has 0 radical (unpaired) electrons. The van der Waals surface area contributed by atoms with Gasteiger partial charge in [0.1, 0.15) is 6.04 Å². The third kappa shape index (κ3) is 2.29. The minimum absolute atomic E-state index is 0.0769. The number of aryl methyl sites for hydroxylation is 1. The summed E-state index contributed by atoms with van der Waals surface area (Å²) in [5, 5.41) is 8.80. The predicted octanol–water partition coefficient (Wildman–Crippen LogP) is 0.280. The van der Waals surface area contributed by atoms with E-state index < -0.39 is 11.9 Å². The zero-order valence-corrected chi connectivity index (χ0v) is 8.18. The van der Waals surface area contributed by atoms with Gasteiger partial charge in [0.2, 0.25) is 5.91 Å². The average molecular weight is 210 g/mol. The molecule has 5 N–H and O–H groups in total. The van der Waals surface area contributed by atoms with E-state index in [0.29, 0.717) is 0 Å². The standard InChI is InChI=1S/C9H11N3O3/c1-5-2-3-7(12(14)15)6(4-5)8(10)9(11)13/h2-4,8H,10H2,1H3,(H2-,11,13,14,15)/p+1. The van der Waals surface area contributed by atoms with Gasteiger partial charge < -0.3 is 11.5 Å². The highest BCUT2D eigenvalue weighted by Gasteiger charge is 2.25. The van der Waals surface area contributed by atoms with Crippen molar-refractivity contribution in [1.29, 1.82) is 0 Å². The SMILES string of the molecule is Cc1ccc([N+](=O)O)c(C(N)C(N)=O)c1. The predicted molar refractivity (Wildman–Crippen MR) is 52.4 cm³/mol. The highest BCUT2D eigenvalue weighted by atomic mass is 16.6. The van der Waals surface area contributed by atoms with Crippen LogP contribution in [0.25, 0.3) is 0 Å². The monoisotopic (exact) mass is 210 g/mol. The van der Waals surface area contributed by atoms with Gasteiger partial charge in [0.25, 0.3) is 4.92 Å². The number of benzene rings is 1. The molecule has 6 heteroatoms. The molecule has 0 heterocycles. The fourth-order valence-electron chi connectivity index (χ4n) is 1.25. The lowest BCUT2D eigenvalue weighted by Gasteiger charge is -2.07. The van der Waals surface area contributed by atoms with Gasteiger partial charge in [-0.15, -0.1) is 0 Å². The summed E-state index contributed by atoms with van der Waals surface area (Å²) in [5.74, 6) is -0.760. The third-order valence-corrected chi connectivity index (χ3v) is 2.03. The molecule has 0 fully saturated rings. The van der Waals surface area contributed by atoms with Crippen molar-refractivity contribution in [1.82, 2.24) is 0 Å². The van der Waals surface area contributed by atoms with Crippen molar-refractivity contribution in [3.63, 3.8) is 0 Å². The molecule has 1 aromatic carbocycles. The third-order valence-electron chi connectivity index (χ3n) is 2.03. The van der Waals surface area contributed by atoms with Crippen molar-refractivity contribution in [2.24, 2.45) is 11.5 Å². The molecular formula is C9H12N3O3+. The summed E-state index contributed by atoms with van der Waals surface area (Å²) in [6, 6.07) is 3.42. The number of nitrogens with zero attached hydrogens (tertiary/aromatic N) is 1. The van der Waals surface area contributed by atoms with E-state index in [1.165, 1.54) is 12.1 Å². The van der Waals surface area contributed by atoms with Crippen molar-refractivity contribution < 1.29 is 14.9 Å². The molecule has 1 amide bonds. The van der Waals surface area contributed by atoms with Crippen molar-refractivity contribution in [3.8, 4) is 0 Å². The second-order valence-corrected chi connectivity index (χ2v) is 3.22. The highest BCUT2D eigenvalue weighted by molar-refractivity contribution is 5.82. The Bertz CT molecular complexity index is 417. The average Bonchev–Trinajstić information content (AvgIpc) is 2.15. The van der Waals surface area contributed by atoms with Crippen LogP contribution in [0.15, 0.2) is 18.2 Å². The largest absolute Gasteiger partial charge is 0.368 e. The molecule has 0 saturated carbocycles. The van der Waals surface area contributed by atoms with Gasteiger partial charge in [0, 0.05) is 6.07 Å². The van der Waals surface area contributed by atoms with Gasteiger partial charge in [0.05, 0.1) is 10.5 Å². The van der Waals surface area contributed by atoms with Crippen LogP contribution < -0.4 is 11.5 Å². The fraction of sp³-hybridized carbons (Fsp3) is 0.222. The van der Waals surface area contributed by atoms with Crippen LogP contribution in [0.5, 0.6) is 0 Å². The molecular weight excluding hydrogens is 198 g/mol. The number of hydrogen-bond acceptors (Lipinski definition) is 3. The maximum atomic E-state index is 10.9. The first kappa shape index (κ1) is 11.1. The Hall–Kier alpha value is -1.95. The summed E-state index contributed by atoms with van der Waals surface area (Å²) in [4.78, 5) is 21.3. The van der Waals surface area contributed by atoms with E-state index in [-0.39, 0.29) is 16.2 Å². The van der Waals surface area contributed by atoms with Gasteiger partial charge in [-0.3, -0.25) is 4.79 Å². The van der Waals surface area contributed by atoms with E-state index in [0.717, 1.165) is 5.56 Å². The first-order valence-electron chi connectivity index (χ1n) is 4.25. The summed E-state index contributed by atoms with van der Waals surface area (Å²) >= 11 is 0. The van der Waals surface area contributed by atoms with Crippen LogP contribution >= 0.6 is 0 Å². The summed E-state index contributed by atoms with van der Waals surface area (Å²) in [6.07, 6.45) is 0. The minimum Gasteiger partial charge on any atom is -0.368 e. The molecule has 80 valence electrons. The number of nitrogens with two attached hydrogens (primary N) is 2. The number of amides is 1. The maximum absolute atomic E-state index is 10.9. The number of rotatable bonds is 3. The van der Waals surface area contributed by atoms with Crippen LogP contribution in [0.2, 0.25) is 0 Å². The Morgan fingerprint density at radius 3 is 2.60 bits per heavy atom. The molecule has 0 aromatic heterocycles. The molecule has 0 saturated heterocycles. The topological polar surface area (TPSA) is 109 Å². The summed E-state index contributed by atoms with van der Waals surface area (Å²) in [7, 11) is 0. The second-order valence-electron chi connectivity index (χ2n) is 3.22. The molecule has 6 nitrogen and oxygen atoms in total. The molecule has 15 heavy (non-hydrogen) atoms. The number of carbonyl (C=O) groups excluding carboxylic acids is 1. The Labute approximate surface area is 86.0 Å². The van der Waals surface area contributed by atoms with Crippen molar-refractivity contribution in [3.05, 3.63) is 34.2 Å². The Morgan fingerprint density at radius 1 is 1.53 bits per heavy atom. The van der Waals surface area contributed by atoms with Gasteiger partial charge in [0.15, 0.2) is 0 Å². The number of carbonyl (C=O) groups is 1. The quantitative estimate of drug-likeness (QED) is 0.622. The zero-order valence-electron chi connectivity index (χ0n) is 8.18. The van der Waals surface area contributed by atoms with Gasteiger partial charge >= 0.3 is 5.69 Å². The van der Waals surface area contributed by atoms with Crippen molar-refractivity contribution >= 4 is 11.6 Å². The van der Waals surface area contributed by atoms with Gasteiger partial charge in [-0.05, 0) is 13.0 Å². The molecule has 0 aliphatic carbocycles. The minimum atomic E-state index is -1.11. The van der Waals surface area contributed by atoms with E-state index in [9.17, 15) is 9.70 Å². The second kappa shape index (κ2) is 4.05. The smallest absolute Gasteiger partial charge is 0.321 e. The van der Waals surface area contributed by atoms with Crippen LogP contribution in [0.4, 0.5) is 5.69 Å². The van der Waals surface area contributed by atoms with Crippen LogP contribution in [0.3, 0.4) is 0 Å². The summed E-state index contributed by atoms with van der Waals surface area (Å²) in [5.41, 5.74) is 11.5. The summed E-state index contributed by atoms with van der Waals surface area (Å²) < 4.78 is 0. The number of hydrogen-bond donors (Lipinski definition) is 3. The molecule has 0 bridgehead atoms. The molecule has 0 aliphatic heterocycles. The Morgan fingerprint density at radius 2 is 2.13 bits per heavy atom. The first-order chi connectivity index (χ1) is 6.93. The molecule has 1 rings (SSSR count). The maximum Gasteiger partial charge on any atom is 0.321 e. The first-order valence-corrected chi connectivity index (χ1v) is 4.25. The van der Waals surface area contributed by atoms with Crippen LogP contribution in [0, 0.1) is 11.8 Å². The molecule has 1 atom stereocenters. The van der Waals surface area contributed by atoms with E-state index in [1.807, 2.05) is 0 Å².